The highest BCUT2D eigenvalue weighted by Gasteiger charge is 2.19. The number of piperidine rings is 1. The van der Waals surface area contributed by atoms with Gasteiger partial charge in [-0.15, -0.1) is 0 Å². The van der Waals surface area contributed by atoms with E-state index in [1.165, 1.54) is 5.69 Å². The van der Waals surface area contributed by atoms with Crippen LogP contribution in [-0.2, 0) is 11.2 Å². The van der Waals surface area contributed by atoms with Crippen molar-refractivity contribution in [3.63, 3.8) is 0 Å². The van der Waals surface area contributed by atoms with Crippen LogP contribution in [0.5, 0.6) is 0 Å². The minimum Gasteiger partial charge on any atom is -0.369 e. The van der Waals surface area contributed by atoms with Gasteiger partial charge in [0, 0.05) is 35.3 Å². The Hall–Kier alpha value is -3.05. The first-order valence-corrected chi connectivity index (χ1v) is 10.5. The molecule has 30 heavy (non-hydrogen) atoms. The van der Waals surface area contributed by atoms with Crippen LogP contribution in [0.25, 0.3) is 22.3 Å². The first kappa shape index (κ1) is 20.2. The number of nitrogens with zero attached hydrogens (tertiary/aromatic N) is 3. The summed E-state index contributed by atoms with van der Waals surface area (Å²) in [4.78, 5) is 23.0. The molecule has 1 aliphatic heterocycles. The molecule has 0 aliphatic carbocycles. The van der Waals surface area contributed by atoms with Gasteiger partial charge in [0.2, 0.25) is 5.91 Å². The van der Waals surface area contributed by atoms with Gasteiger partial charge in [-0.05, 0) is 86.4 Å². The second kappa shape index (κ2) is 8.76. The second-order valence-electron chi connectivity index (χ2n) is 8.26. The molecule has 1 amide bonds. The summed E-state index contributed by atoms with van der Waals surface area (Å²) in [6, 6.07) is 14.5. The average Bonchev–Trinajstić information content (AvgIpc) is 2.74. The lowest BCUT2D eigenvalue weighted by molar-refractivity contribution is -0.117. The van der Waals surface area contributed by atoms with E-state index in [-0.39, 0.29) is 12.3 Å². The third kappa shape index (κ3) is 4.57. The fourth-order valence-electron chi connectivity index (χ4n) is 4.22. The zero-order chi connectivity index (χ0) is 21.1. The molecule has 3 heterocycles. The van der Waals surface area contributed by atoms with Crippen molar-refractivity contribution in [2.45, 2.75) is 32.1 Å². The van der Waals surface area contributed by atoms with E-state index >= 15 is 0 Å². The van der Waals surface area contributed by atoms with Gasteiger partial charge >= 0.3 is 0 Å². The van der Waals surface area contributed by atoms with Gasteiger partial charge in [0.1, 0.15) is 0 Å². The minimum atomic E-state index is -0.329. The number of primary amides is 1. The minimum absolute atomic E-state index is 0.226. The standard InChI is InChI=1S/C25H28N4O/c1-17-13-20(7-10-27-17)22-5-3-18(15-25(26)30)14-23(22)21-4-6-24(28-16-21)19-8-11-29(2)12-9-19/h3-7,10,13-14,16,19H,8-9,11-12,15H2,1-2H3,(H2,26,30). The van der Waals surface area contributed by atoms with Crippen molar-refractivity contribution in [1.29, 1.82) is 0 Å². The topological polar surface area (TPSA) is 72.1 Å². The molecular formula is C25H28N4O. The largest absolute Gasteiger partial charge is 0.369 e. The third-order valence-electron chi connectivity index (χ3n) is 5.90. The fourth-order valence-corrected chi connectivity index (χ4v) is 4.22. The molecule has 0 bridgehead atoms. The first-order chi connectivity index (χ1) is 14.5. The lowest BCUT2D eigenvalue weighted by Gasteiger charge is -2.28. The maximum absolute atomic E-state index is 11.5. The molecule has 154 valence electrons. The van der Waals surface area contributed by atoms with Crippen LogP contribution in [0.3, 0.4) is 0 Å². The van der Waals surface area contributed by atoms with Crippen molar-refractivity contribution in [1.82, 2.24) is 14.9 Å². The van der Waals surface area contributed by atoms with Gasteiger partial charge in [0.15, 0.2) is 0 Å². The van der Waals surface area contributed by atoms with Crippen molar-refractivity contribution in [3.05, 3.63) is 71.8 Å². The highest BCUT2D eigenvalue weighted by atomic mass is 16.1. The van der Waals surface area contributed by atoms with Gasteiger partial charge in [0.25, 0.3) is 0 Å². The molecule has 2 aromatic heterocycles. The Balaban J connectivity index is 1.71. The third-order valence-corrected chi connectivity index (χ3v) is 5.90. The van der Waals surface area contributed by atoms with Crippen LogP contribution in [0, 0.1) is 6.92 Å². The summed E-state index contributed by atoms with van der Waals surface area (Å²) in [7, 11) is 2.17. The van der Waals surface area contributed by atoms with Crippen molar-refractivity contribution in [3.8, 4) is 22.3 Å². The number of carbonyl (C=O) groups is 1. The van der Waals surface area contributed by atoms with Crippen molar-refractivity contribution in [2.75, 3.05) is 20.1 Å². The van der Waals surface area contributed by atoms with Crippen LogP contribution < -0.4 is 5.73 Å². The Kier molecular flexibility index (Phi) is 5.91. The van der Waals surface area contributed by atoms with Gasteiger partial charge in [0.05, 0.1) is 6.42 Å². The monoisotopic (exact) mass is 400 g/mol. The molecule has 1 fully saturated rings. The van der Waals surface area contributed by atoms with E-state index in [0.29, 0.717) is 5.92 Å². The van der Waals surface area contributed by atoms with Gasteiger partial charge in [-0.3, -0.25) is 14.8 Å². The Morgan fingerprint density at radius 3 is 2.50 bits per heavy atom. The molecular weight excluding hydrogens is 372 g/mol. The van der Waals surface area contributed by atoms with E-state index in [4.69, 9.17) is 10.7 Å². The SMILES string of the molecule is Cc1cc(-c2ccc(CC(N)=O)cc2-c2ccc(C3CCN(C)CC3)nc2)ccn1. The van der Waals surface area contributed by atoms with E-state index in [0.717, 1.165) is 59.4 Å². The summed E-state index contributed by atoms with van der Waals surface area (Å²) in [5.74, 6) is 0.197. The van der Waals surface area contributed by atoms with Gasteiger partial charge in [-0.2, -0.15) is 0 Å². The van der Waals surface area contributed by atoms with Crippen LogP contribution >= 0.6 is 0 Å². The summed E-state index contributed by atoms with van der Waals surface area (Å²) in [6.45, 7) is 4.23. The molecule has 1 saturated heterocycles. The van der Waals surface area contributed by atoms with E-state index in [2.05, 4.69) is 47.3 Å². The van der Waals surface area contributed by atoms with E-state index < -0.39 is 0 Å². The molecule has 0 spiro atoms. The van der Waals surface area contributed by atoms with Crippen molar-refractivity contribution >= 4 is 5.91 Å². The highest BCUT2D eigenvalue weighted by molar-refractivity contribution is 5.85. The summed E-state index contributed by atoms with van der Waals surface area (Å²) in [5.41, 5.74) is 12.8. The summed E-state index contributed by atoms with van der Waals surface area (Å²) in [5, 5.41) is 0. The fraction of sp³-hybridized carbons (Fsp3) is 0.320. The van der Waals surface area contributed by atoms with Crippen LogP contribution in [0.2, 0.25) is 0 Å². The lowest BCUT2D eigenvalue weighted by atomic mass is 9.90. The predicted octanol–water partition coefficient (Wildman–Crippen LogP) is 3.96. The Morgan fingerprint density at radius 2 is 1.83 bits per heavy atom. The maximum atomic E-state index is 11.5. The molecule has 4 rings (SSSR count). The summed E-state index contributed by atoms with van der Waals surface area (Å²) < 4.78 is 0. The van der Waals surface area contributed by atoms with E-state index in [1.54, 1.807) is 0 Å². The molecule has 1 aliphatic rings. The average molecular weight is 401 g/mol. The zero-order valence-corrected chi connectivity index (χ0v) is 17.6. The summed E-state index contributed by atoms with van der Waals surface area (Å²) >= 11 is 0. The lowest BCUT2D eigenvalue weighted by Crippen LogP contribution is -2.29. The molecule has 0 radical (unpaired) electrons. The van der Waals surface area contributed by atoms with Crippen molar-refractivity contribution < 1.29 is 4.79 Å². The molecule has 0 saturated carbocycles. The van der Waals surface area contributed by atoms with E-state index in [1.807, 2.05) is 31.5 Å². The number of rotatable bonds is 5. The molecule has 5 heteroatoms. The maximum Gasteiger partial charge on any atom is 0.221 e. The van der Waals surface area contributed by atoms with Gasteiger partial charge in [-0.1, -0.05) is 18.2 Å². The zero-order valence-electron chi connectivity index (χ0n) is 17.6. The number of carbonyl (C=O) groups excluding carboxylic acids is 1. The Bertz CT molecular complexity index is 1040. The number of hydrogen-bond acceptors (Lipinski definition) is 4. The smallest absolute Gasteiger partial charge is 0.221 e. The second-order valence-corrected chi connectivity index (χ2v) is 8.26. The summed E-state index contributed by atoms with van der Waals surface area (Å²) in [6.07, 6.45) is 6.32. The van der Waals surface area contributed by atoms with Crippen LogP contribution in [-0.4, -0.2) is 40.9 Å². The molecule has 2 N–H and O–H groups in total. The number of nitrogens with two attached hydrogens (primary N) is 1. The quantitative estimate of drug-likeness (QED) is 0.704. The molecule has 5 nitrogen and oxygen atoms in total. The number of aromatic nitrogens is 2. The number of hydrogen-bond donors (Lipinski definition) is 1. The molecule has 3 aromatic rings. The molecule has 0 unspecified atom stereocenters. The van der Waals surface area contributed by atoms with Crippen LogP contribution in [0.1, 0.15) is 35.7 Å². The van der Waals surface area contributed by atoms with Crippen LogP contribution in [0.15, 0.2) is 54.9 Å². The van der Waals surface area contributed by atoms with Gasteiger partial charge in [-0.25, -0.2) is 0 Å². The number of benzene rings is 1. The highest BCUT2D eigenvalue weighted by Crippen LogP contribution is 2.34. The number of likely N-dealkylation sites (tertiary alicyclic amines) is 1. The van der Waals surface area contributed by atoms with Crippen molar-refractivity contribution in [2.24, 2.45) is 5.73 Å². The first-order valence-electron chi connectivity index (χ1n) is 10.5. The molecule has 1 aromatic carbocycles. The number of pyridine rings is 2. The van der Waals surface area contributed by atoms with Crippen LogP contribution in [0.4, 0.5) is 0 Å². The normalized spacial score (nSPS) is 15.3. The Labute approximate surface area is 178 Å². The number of aryl methyl sites for hydroxylation is 1. The van der Waals surface area contributed by atoms with Gasteiger partial charge < -0.3 is 10.6 Å². The Morgan fingerprint density at radius 1 is 1.03 bits per heavy atom. The molecule has 0 atom stereocenters. The number of amides is 1. The predicted molar refractivity (Wildman–Crippen MR) is 120 cm³/mol. The van der Waals surface area contributed by atoms with E-state index in [9.17, 15) is 4.79 Å².